The van der Waals surface area contributed by atoms with Crippen molar-refractivity contribution in [1.82, 2.24) is 15.5 Å². The smallest absolute Gasteiger partial charge is 0.321 e. The number of nitrogens with zero attached hydrogens (tertiary/aromatic N) is 1. The number of nitrogens with one attached hydrogen (secondary N) is 3. The highest BCUT2D eigenvalue weighted by atomic mass is 16.5. The van der Waals surface area contributed by atoms with E-state index in [9.17, 15) is 14.4 Å². The number of carbonyl (C=O) groups excluding carboxylic acids is 3. The molecule has 0 fully saturated rings. The van der Waals surface area contributed by atoms with Crippen LogP contribution in [0.2, 0.25) is 0 Å². The standard InChI is InChI=1S/C18H22N4O5/c1-22(11-16(23)20-13-5-3-6-14(9-13)26-2)12-17(24)21-18(25)19-10-15-7-4-8-27-15/h3-9H,10-12H2,1-2H3,(H,20,23)(H2,19,21,24,25). The molecule has 0 saturated heterocycles. The summed E-state index contributed by atoms with van der Waals surface area (Å²) in [5.41, 5.74) is 0.592. The average Bonchev–Trinajstić information content (AvgIpc) is 3.13. The molecule has 144 valence electrons. The number of likely N-dealkylation sites (N-methyl/N-ethyl adjacent to an activating group) is 1. The van der Waals surface area contributed by atoms with E-state index in [1.807, 2.05) is 0 Å². The van der Waals surface area contributed by atoms with Crippen LogP contribution < -0.4 is 20.7 Å². The van der Waals surface area contributed by atoms with Crippen LogP contribution in [0.1, 0.15) is 5.76 Å². The Bertz CT molecular complexity index is 776. The molecule has 9 nitrogen and oxygen atoms in total. The summed E-state index contributed by atoms with van der Waals surface area (Å²) in [7, 11) is 3.14. The minimum atomic E-state index is -0.634. The van der Waals surface area contributed by atoms with Crippen molar-refractivity contribution in [3.8, 4) is 5.75 Å². The monoisotopic (exact) mass is 374 g/mol. The second kappa shape index (κ2) is 9.97. The summed E-state index contributed by atoms with van der Waals surface area (Å²) >= 11 is 0. The van der Waals surface area contributed by atoms with E-state index in [4.69, 9.17) is 9.15 Å². The molecule has 1 aromatic carbocycles. The zero-order valence-electron chi connectivity index (χ0n) is 15.2. The average molecular weight is 374 g/mol. The van der Waals surface area contributed by atoms with Crippen LogP contribution in [0, 0.1) is 0 Å². The molecule has 2 rings (SSSR count). The minimum Gasteiger partial charge on any atom is -0.497 e. The van der Waals surface area contributed by atoms with Gasteiger partial charge in [-0.3, -0.25) is 19.8 Å². The third-order valence-corrected chi connectivity index (χ3v) is 3.44. The maximum absolute atomic E-state index is 12.0. The molecule has 0 saturated carbocycles. The molecule has 4 amide bonds. The fraction of sp³-hybridized carbons (Fsp3) is 0.278. The van der Waals surface area contributed by atoms with Crippen molar-refractivity contribution in [2.45, 2.75) is 6.54 Å². The Morgan fingerprint density at radius 3 is 2.59 bits per heavy atom. The third kappa shape index (κ3) is 7.20. The van der Waals surface area contributed by atoms with Gasteiger partial charge in [-0.15, -0.1) is 0 Å². The Morgan fingerprint density at radius 1 is 1.11 bits per heavy atom. The largest absolute Gasteiger partial charge is 0.497 e. The number of urea groups is 1. The van der Waals surface area contributed by atoms with E-state index in [1.54, 1.807) is 43.4 Å². The maximum Gasteiger partial charge on any atom is 0.321 e. The quantitative estimate of drug-likeness (QED) is 0.640. The van der Waals surface area contributed by atoms with Gasteiger partial charge in [0.2, 0.25) is 11.8 Å². The predicted octanol–water partition coefficient (Wildman–Crippen LogP) is 1.18. The summed E-state index contributed by atoms with van der Waals surface area (Å²) in [6, 6.07) is 9.72. The summed E-state index contributed by atoms with van der Waals surface area (Å²) in [4.78, 5) is 37.1. The van der Waals surface area contributed by atoms with Crippen LogP contribution in [0.15, 0.2) is 47.1 Å². The fourth-order valence-corrected chi connectivity index (χ4v) is 2.24. The van der Waals surface area contributed by atoms with Crippen LogP contribution in [0.25, 0.3) is 0 Å². The zero-order chi connectivity index (χ0) is 19.6. The van der Waals surface area contributed by atoms with Gasteiger partial charge in [-0.1, -0.05) is 6.07 Å². The van der Waals surface area contributed by atoms with Crippen molar-refractivity contribution in [1.29, 1.82) is 0 Å². The lowest BCUT2D eigenvalue weighted by Gasteiger charge is -2.16. The molecule has 0 unspecified atom stereocenters. The van der Waals surface area contributed by atoms with E-state index in [1.165, 1.54) is 18.3 Å². The molecule has 0 aliphatic heterocycles. The molecule has 0 atom stereocenters. The van der Waals surface area contributed by atoms with E-state index in [0.717, 1.165) is 0 Å². The molecule has 1 heterocycles. The van der Waals surface area contributed by atoms with Gasteiger partial charge in [0, 0.05) is 11.8 Å². The van der Waals surface area contributed by atoms with E-state index in [0.29, 0.717) is 17.2 Å². The number of rotatable bonds is 8. The number of imide groups is 1. The van der Waals surface area contributed by atoms with Gasteiger partial charge in [0.1, 0.15) is 11.5 Å². The summed E-state index contributed by atoms with van der Waals surface area (Å²) in [6.45, 7) is 0.0449. The van der Waals surface area contributed by atoms with Gasteiger partial charge in [-0.25, -0.2) is 4.79 Å². The second-order valence-corrected chi connectivity index (χ2v) is 5.76. The molecule has 2 aromatic rings. The first-order chi connectivity index (χ1) is 13.0. The van der Waals surface area contributed by atoms with Crippen molar-refractivity contribution < 1.29 is 23.5 Å². The number of anilines is 1. The van der Waals surface area contributed by atoms with Crippen LogP contribution in [-0.2, 0) is 16.1 Å². The lowest BCUT2D eigenvalue weighted by Crippen LogP contribution is -2.44. The Labute approximate surface area is 156 Å². The Hall–Kier alpha value is -3.33. The Kier molecular flexibility index (Phi) is 7.38. The normalized spacial score (nSPS) is 10.3. The number of furan rings is 1. The lowest BCUT2D eigenvalue weighted by molar-refractivity contribution is -0.122. The number of hydrogen-bond acceptors (Lipinski definition) is 6. The first kappa shape index (κ1) is 20.0. The number of carbonyl (C=O) groups is 3. The van der Waals surface area contributed by atoms with Crippen LogP contribution in [-0.4, -0.2) is 50.0 Å². The first-order valence-corrected chi connectivity index (χ1v) is 8.19. The Morgan fingerprint density at radius 2 is 1.89 bits per heavy atom. The molecule has 3 N–H and O–H groups in total. The minimum absolute atomic E-state index is 0.0152. The van der Waals surface area contributed by atoms with Gasteiger partial charge in [0.15, 0.2) is 0 Å². The van der Waals surface area contributed by atoms with E-state index < -0.39 is 11.9 Å². The second-order valence-electron chi connectivity index (χ2n) is 5.76. The van der Waals surface area contributed by atoms with Gasteiger partial charge in [-0.2, -0.15) is 0 Å². The molecule has 27 heavy (non-hydrogen) atoms. The molecular weight excluding hydrogens is 352 g/mol. The highest BCUT2D eigenvalue weighted by molar-refractivity contribution is 5.96. The summed E-state index contributed by atoms with van der Waals surface area (Å²) in [5.74, 6) is 0.384. The summed E-state index contributed by atoms with van der Waals surface area (Å²) < 4.78 is 10.2. The van der Waals surface area contributed by atoms with Gasteiger partial charge in [0.25, 0.3) is 0 Å². The molecule has 0 aliphatic rings. The molecule has 0 spiro atoms. The van der Waals surface area contributed by atoms with E-state index in [2.05, 4.69) is 16.0 Å². The lowest BCUT2D eigenvalue weighted by atomic mass is 10.3. The van der Waals surface area contributed by atoms with Gasteiger partial charge in [-0.05, 0) is 31.3 Å². The van der Waals surface area contributed by atoms with Crippen LogP contribution in [0.3, 0.4) is 0 Å². The van der Waals surface area contributed by atoms with Crippen LogP contribution in [0.4, 0.5) is 10.5 Å². The van der Waals surface area contributed by atoms with Gasteiger partial charge in [0.05, 0.1) is 33.0 Å². The SMILES string of the molecule is COc1cccc(NC(=O)CN(C)CC(=O)NC(=O)NCc2ccco2)c1. The maximum atomic E-state index is 12.0. The van der Waals surface area contributed by atoms with Gasteiger partial charge >= 0.3 is 6.03 Å². The van der Waals surface area contributed by atoms with Gasteiger partial charge < -0.3 is 19.8 Å². The third-order valence-electron chi connectivity index (χ3n) is 3.44. The van der Waals surface area contributed by atoms with E-state index >= 15 is 0 Å². The molecule has 9 heteroatoms. The molecular formula is C18H22N4O5. The Balaban J connectivity index is 1.70. The number of amides is 4. The van der Waals surface area contributed by atoms with E-state index in [-0.39, 0.29) is 25.5 Å². The van der Waals surface area contributed by atoms with Crippen molar-refractivity contribution in [2.75, 3.05) is 32.6 Å². The molecule has 0 radical (unpaired) electrons. The summed E-state index contributed by atoms with van der Waals surface area (Å²) in [6.07, 6.45) is 1.49. The predicted molar refractivity (Wildman–Crippen MR) is 98.2 cm³/mol. The molecule has 0 aliphatic carbocycles. The fourth-order valence-electron chi connectivity index (χ4n) is 2.24. The highest BCUT2D eigenvalue weighted by Gasteiger charge is 2.13. The molecule has 1 aromatic heterocycles. The first-order valence-electron chi connectivity index (χ1n) is 8.19. The van der Waals surface area contributed by atoms with Crippen molar-refractivity contribution in [2.24, 2.45) is 0 Å². The van der Waals surface area contributed by atoms with Crippen LogP contribution in [0.5, 0.6) is 5.75 Å². The molecule has 0 bridgehead atoms. The number of hydrogen-bond donors (Lipinski definition) is 3. The highest BCUT2D eigenvalue weighted by Crippen LogP contribution is 2.16. The van der Waals surface area contributed by atoms with Crippen molar-refractivity contribution in [3.05, 3.63) is 48.4 Å². The topological polar surface area (TPSA) is 113 Å². The zero-order valence-corrected chi connectivity index (χ0v) is 15.2. The van der Waals surface area contributed by atoms with Crippen molar-refractivity contribution in [3.63, 3.8) is 0 Å². The number of ether oxygens (including phenoxy) is 1. The summed E-state index contributed by atoms with van der Waals surface area (Å²) in [5, 5.41) is 7.41. The van der Waals surface area contributed by atoms with Crippen LogP contribution >= 0.6 is 0 Å². The van der Waals surface area contributed by atoms with Crippen molar-refractivity contribution >= 4 is 23.5 Å². The number of benzene rings is 1. The number of methoxy groups -OCH3 is 1.